The molecule has 1 saturated heterocycles. The zero-order valence-electron chi connectivity index (χ0n) is 19.5. The molecule has 3 N–H and O–H groups in total. The first kappa shape index (κ1) is 23.6. The van der Waals surface area contributed by atoms with Crippen LogP contribution in [-0.4, -0.2) is 11.8 Å². The molecule has 1 atom stereocenters. The monoisotopic (exact) mass is 488 g/mol. The molecule has 5 rings (SSSR count). The second kappa shape index (κ2) is 9.12. The molecule has 1 unspecified atom stereocenters. The van der Waals surface area contributed by atoms with E-state index in [-0.39, 0.29) is 0 Å². The van der Waals surface area contributed by atoms with Gasteiger partial charge in [-0.05, 0) is 46.5 Å². The Bertz CT molecular complexity index is 1470. The van der Waals surface area contributed by atoms with Crippen molar-refractivity contribution < 1.29 is 19.1 Å². The SMILES string of the molecule is N#COc1ccc(C2(c3ccc(OC#N)cc3)C=CC=C3C(=O)NC(=O)C32c2ccc(CN)cc2)cc1. The summed E-state index contributed by atoms with van der Waals surface area (Å²) in [6, 6.07) is 21.0. The van der Waals surface area contributed by atoms with Crippen molar-refractivity contribution in [2.24, 2.45) is 5.73 Å². The Labute approximate surface area is 212 Å². The zero-order valence-corrected chi connectivity index (χ0v) is 19.5. The normalized spacial score (nSPS) is 19.2. The molecular weight excluding hydrogens is 468 g/mol. The van der Waals surface area contributed by atoms with Gasteiger partial charge in [0, 0.05) is 12.1 Å². The highest BCUT2D eigenvalue weighted by Crippen LogP contribution is 2.58. The first-order valence-electron chi connectivity index (χ1n) is 11.4. The summed E-state index contributed by atoms with van der Waals surface area (Å²) in [5.74, 6) is -0.273. The third-order valence-electron chi connectivity index (χ3n) is 6.99. The van der Waals surface area contributed by atoms with Crippen LogP contribution in [0.4, 0.5) is 0 Å². The average Bonchev–Trinajstić information content (AvgIpc) is 3.20. The van der Waals surface area contributed by atoms with Crippen molar-refractivity contribution in [3.05, 3.63) is 119 Å². The number of ether oxygens (including phenoxy) is 2. The summed E-state index contributed by atoms with van der Waals surface area (Å²) < 4.78 is 9.95. The van der Waals surface area contributed by atoms with Crippen molar-refractivity contribution in [3.63, 3.8) is 0 Å². The van der Waals surface area contributed by atoms with Gasteiger partial charge in [-0.15, -0.1) is 10.5 Å². The van der Waals surface area contributed by atoms with Gasteiger partial charge in [-0.2, -0.15) is 0 Å². The van der Waals surface area contributed by atoms with E-state index >= 15 is 0 Å². The lowest BCUT2D eigenvalue weighted by Gasteiger charge is -2.48. The molecule has 37 heavy (non-hydrogen) atoms. The predicted molar refractivity (Wildman–Crippen MR) is 133 cm³/mol. The quantitative estimate of drug-likeness (QED) is 0.401. The molecule has 1 heterocycles. The van der Waals surface area contributed by atoms with Crippen molar-refractivity contribution in [1.82, 2.24) is 5.32 Å². The van der Waals surface area contributed by atoms with Crippen molar-refractivity contribution in [2.75, 3.05) is 0 Å². The lowest BCUT2D eigenvalue weighted by Crippen LogP contribution is -2.55. The minimum Gasteiger partial charge on any atom is -0.388 e. The molecule has 2 aliphatic rings. The van der Waals surface area contributed by atoms with Crippen LogP contribution < -0.4 is 20.5 Å². The fourth-order valence-corrected chi connectivity index (χ4v) is 5.44. The summed E-state index contributed by atoms with van der Waals surface area (Å²) in [6.07, 6.45) is 8.63. The molecule has 1 fully saturated rings. The van der Waals surface area contributed by atoms with Crippen LogP contribution in [0.25, 0.3) is 0 Å². The second-order valence-corrected chi connectivity index (χ2v) is 8.62. The number of nitrogens with one attached hydrogen (secondary N) is 1. The number of allylic oxidation sites excluding steroid dienone is 3. The number of fused-ring (bicyclic) bond motifs is 1. The highest BCUT2D eigenvalue weighted by atomic mass is 16.5. The summed E-state index contributed by atoms with van der Waals surface area (Å²) >= 11 is 0. The number of carbonyl (C=O) groups excluding carboxylic acids is 2. The van der Waals surface area contributed by atoms with Gasteiger partial charge in [-0.25, -0.2) is 0 Å². The van der Waals surface area contributed by atoms with Gasteiger partial charge in [0.1, 0.15) is 16.9 Å². The number of hydrogen-bond acceptors (Lipinski definition) is 7. The number of rotatable bonds is 6. The van der Waals surface area contributed by atoms with Gasteiger partial charge in [0.05, 0.1) is 5.41 Å². The Hall–Kier alpha value is -5.18. The topological polar surface area (TPSA) is 138 Å². The number of nitrogens with two attached hydrogens (primary N) is 1. The minimum absolute atomic E-state index is 0.301. The fourth-order valence-electron chi connectivity index (χ4n) is 5.44. The lowest BCUT2D eigenvalue weighted by atomic mass is 9.50. The molecule has 1 aliphatic heterocycles. The summed E-state index contributed by atoms with van der Waals surface area (Å²) in [4.78, 5) is 27.2. The van der Waals surface area contributed by atoms with E-state index < -0.39 is 22.6 Å². The standard InChI is InChI=1S/C29H20N4O4/c30-16-19-3-5-22(6-4-19)29-25(26(34)33-27(29)35)2-1-15-28(29,20-7-11-23(12-8-20)36-17-31)21-9-13-24(14-10-21)37-18-32/h1-15H,16,30H2,(H,33,34,35). The molecule has 0 aromatic heterocycles. The molecule has 0 radical (unpaired) electrons. The van der Waals surface area contributed by atoms with Crippen molar-refractivity contribution in [1.29, 1.82) is 10.5 Å². The van der Waals surface area contributed by atoms with Gasteiger partial charge in [-0.3, -0.25) is 14.9 Å². The number of nitriles is 2. The average molecular weight is 489 g/mol. The van der Waals surface area contributed by atoms with Crippen LogP contribution in [0.5, 0.6) is 11.5 Å². The van der Waals surface area contributed by atoms with Crippen molar-refractivity contribution in [3.8, 4) is 24.0 Å². The van der Waals surface area contributed by atoms with Crippen LogP contribution >= 0.6 is 0 Å². The molecule has 3 aromatic rings. The molecule has 8 heteroatoms. The smallest absolute Gasteiger partial charge is 0.292 e. The van der Waals surface area contributed by atoms with Crippen LogP contribution in [0, 0.1) is 23.0 Å². The molecule has 2 amide bonds. The lowest BCUT2D eigenvalue weighted by molar-refractivity contribution is -0.127. The van der Waals surface area contributed by atoms with Crippen LogP contribution in [0.3, 0.4) is 0 Å². The maximum atomic E-state index is 14.0. The molecular formula is C29H20N4O4. The van der Waals surface area contributed by atoms with E-state index in [4.69, 9.17) is 25.7 Å². The summed E-state index contributed by atoms with van der Waals surface area (Å²) in [6.45, 7) is 0.326. The van der Waals surface area contributed by atoms with Crippen LogP contribution in [0.1, 0.15) is 22.3 Å². The van der Waals surface area contributed by atoms with E-state index in [1.165, 1.54) is 0 Å². The number of imide groups is 1. The first-order chi connectivity index (χ1) is 18.0. The van der Waals surface area contributed by atoms with E-state index in [0.29, 0.717) is 40.3 Å². The number of nitrogens with zero attached hydrogens (tertiary/aromatic N) is 2. The number of carbonyl (C=O) groups is 2. The van der Waals surface area contributed by atoms with Crippen LogP contribution in [0.15, 0.2) is 96.6 Å². The molecule has 0 saturated carbocycles. The molecule has 8 nitrogen and oxygen atoms in total. The Morgan fingerprint density at radius 2 is 1.30 bits per heavy atom. The van der Waals surface area contributed by atoms with Gasteiger partial charge in [0.15, 0.2) is 0 Å². The van der Waals surface area contributed by atoms with E-state index in [0.717, 1.165) is 5.56 Å². The van der Waals surface area contributed by atoms with Crippen molar-refractivity contribution >= 4 is 11.8 Å². The van der Waals surface area contributed by atoms with E-state index in [9.17, 15) is 9.59 Å². The Morgan fingerprint density at radius 3 is 1.78 bits per heavy atom. The highest BCUT2D eigenvalue weighted by molar-refractivity contribution is 6.22. The van der Waals surface area contributed by atoms with E-state index in [1.54, 1.807) is 73.2 Å². The van der Waals surface area contributed by atoms with Crippen LogP contribution in [0.2, 0.25) is 0 Å². The molecule has 1 aliphatic carbocycles. The predicted octanol–water partition coefficient (Wildman–Crippen LogP) is 3.24. The number of benzene rings is 3. The molecule has 0 bridgehead atoms. The maximum Gasteiger partial charge on any atom is 0.292 e. The third-order valence-corrected chi connectivity index (χ3v) is 6.99. The van der Waals surface area contributed by atoms with E-state index in [1.807, 2.05) is 30.3 Å². The summed E-state index contributed by atoms with van der Waals surface area (Å²) in [5.41, 5.74) is 6.30. The fraction of sp³-hybridized carbons (Fsp3) is 0.103. The Morgan fingerprint density at radius 1 is 0.784 bits per heavy atom. The second-order valence-electron chi connectivity index (χ2n) is 8.62. The van der Waals surface area contributed by atoms with Crippen LogP contribution in [-0.2, 0) is 27.0 Å². The minimum atomic E-state index is -1.47. The third kappa shape index (κ3) is 3.40. The maximum absolute atomic E-state index is 14.0. The Balaban J connectivity index is 1.86. The van der Waals surface area contributed by atoms with Gasteiger partial charge in [0.25, 0.3) is 18.4 Å². The Kier molecular flexibility index (Phi) is 5.81. The van der Waals surface area contributed by atoms with Gasteiger partial charge in [0.2, 0.25) is 5.91 Å². The van der Waals surface area contributed by atoms with E-state index in [2.05, 4.69) is 5.32 Å². The summed E-state index contributed by atoms with van der Waals surface area (Å²) in [5, 5.41) is 20.4. The van der Waals surface area contributed by atoms with Gasteiger partial charge in [-0.1, -0.05) is 66.8 Å². The van der Waals surface area contributed by atoms with Gasteiger partial charge >= 0.3 is 0 Å². The first-order valence-corrected chi connectivity index (χ1v) is 11.4. The molecule has 0 spiro atoms. The summed E-state index contributed by atoms with van der Waals surface area (Å²) in [7, 11) is 0. The highest BCUT2D eigenvalue weighted by Gasteiger charge is 2.66. The molecule has 3 aromatic carbocycles. The largest absolute Gasteiger partial charge is 0.388 e. The zero-order chi connectivity index (χ0) is 26.0. The molecule has 180 valence electrons. The number of amides is 2. The van der Waals surface area contributed by atoms with Crippen molar-refractivity contribution in [2.45, 2.75) is 17.4 Å². The number of hydrogen-bond donors (Lipinski definition) is 2. The van der Waals surface area contributed by atoms with Gasteiger partial charge < -0.3 is 15.2 Å².